The second-order valence-electron chi connectivity index (χ2n) is 5.56. The summed E-state index contributed by atoms with van der Waals surface area (Å²) in [5, 5.41) is 3.70. The van der Waals surface area contributed by atoms with Crippen LogP contribution in [0.5, 0.6) is 0 Å². The molecule has 3 heterocycles. The molecule has 8 nitrogen and oxygen atoms in total. The van der Waals surface area contributed by atoms with Crippen LogP contribution in [0.25, 0.3) is 0 Å². The molecule has 0 amide bonds. The van der Waals surface area contributed by atoms with Crippen LogP contribution in [0.4, 0.5) is 5.82 Å². The maximum atomic E-state index is 12.5. The SMILES string of the molecule is Cc1noc(C)c1S(=O)(=O)NCc1cccnc1N1CCOCC1. The van der Waals surface area contributed by atoms with E-state index >= 15 is 0 Å². The number of ether oxygens (including phenoxy) is 1. The number of aryl methyl sites for hydroxylation is 2. The monoisotopic (exact) mass is 352 g/mol. The Morgan fingerprint density at radius 1 is 1.29 bits per heavy atom. The van der Waals surface area contributed by atoms with Crippen molar-refractivity contribution in [1.29, 1.82) is 0 Å². The Hall–Kier alpha value is -1.97. The van der Waals surface area contributed by atoms with Crippen LogP contribution < -0.4 is 9.62 Å². The number of rotatable bonds is 5. The van der Waals surface area contributed by atoms with E-state index in [9.17, 15) is 8.42 Å². The average molecular weight is 352 g/mol. The molecule has 1 aliphatic rings. The van der Waals surface area contributed by atoms with E-state index in [0.717, 1.165) is 24.5 Å². The Morgan fingerprint density at radius 2 is 2.04 bits per heavy atom. The van der Waals surface area contributed by atoms with E-state index in [1.807, 2.05) is 6.07 Å². The number of hydrogen-bond donors (Lipinski definition) is 1. The van der Waals surface area contributed by atoms with E-state index in [1.54, 1.807) is 26.1 Å². The lowest BCUT2D eigenvalue weighted by molar-refractivity contribution is 0.122. The molecule has 0 bridgehead atoms. The maximum Gasteiger partial charge on any atom is 0.246 e. The fourth-order valence-electron chi connectivity index (χ4n) is 2.73. The number of hydrogen-bond acceptors (Lipinski definition) is 7. The van der Waals surface area contributed by atoms with Crippen molar-refractivity contribution < 1.29 is 17.7 Å². The first-order chi connectivity index (χ1) is 11.5. The van der Waals surface area contributed by atoms with E-state index < -0.39 is 10.0 Å². The Bertz CT molecular complexity index is 793. The van der Waals surface area contributed by atoms with Crippen LogP contribution in [0.1, 0.15) is 17.0 Å². The predicted octanol–water partition coefficient (Wildman–Crippen LogP) is 1.00. The minimum atomic E-state index is -3.70. The highest BCUT2D eigenvalue weighted by atomic mass is 32.2. The number of pyridine rings is 1. The van der Waals surface area contributed by atoms with Crippen molar-refractivity contribution in [1.82, 2.24) is 14.9 Å². The molecule has 0 aromatic carbocycles. The first-order valence-corrected chi connectivity index (χ1v) is 9.16. The van der Waals surface area contributed by atoms with Gasteiger partial charge in [0, 0.05) is 31.4 Å². The molecule has 1 fully saturated rings. The van der Waals surface area contributed by atoms with Gasteiger partial charge in [-0.2, -0.15) is 0 Å². The molecule has 1 N–H and O–H groups in total. The normalized spacial score (nSPS) is 15.7. The Kier molecular flexibility index (Phi) is 4.83. The second kappa shape index (κ2) is 6.88. The van der Waals surface area contributed by atoms with Crippen molar-refractivity contribution in [3.63, 3.8) is 0 Å². The third kappa shape index (κ3) is 3.42. The summed E-state index contributed by atoms with van der Waals surface area (Å²) in [7, 11) is -3.70. The lowest BCUT2D eigenvalue weighted by atomic mass is 10.2. The van der Waals surface area contributed by atoms with Gasteiger partial charge >= 0.3 is 0 Å². The van der Waals surface area contributed by atoms with Crippen LogP contribution in [-0.2, 0) is 21.3 Å². The van der Waals surface area contributed by atoms with Crippen molar-refractivity contribution >= 4 is 15.8 Å². The molecule has 0 saturated carbocycles. The van der Waals surface area contributed by atoms with Crippen molar-refractivity contribution in [2.24, 2.45) is 0 Å². The number of nitrogens with zero attached hydrogens (tertiary/aromatic N) is 3. The molecule has 2 aromatic heterocycles. The zero-order valence-corrected chi connectivity index (χ0v) is 14.5. The van der Waals surface area contributed by atoms with Gasteiger partial charge in [-0.3, -0.25) is 0 Å². The highest BCUT2D eigenvalue weighted by Gasteiger charge is 2.24. The molecule has 0 spiro atoms. The third-order valence-corrected chi connectivity index (χ3v) is 5.51. The summed E-state index contributed by atoms with van der Waals surface area (Å²) in [5.74, 6) is 1.06. The van der Waals surface area contributed by atoms with Crippen LogP contribution >= 0.6 is 0 Å². The summed E-state index contributed by atoms with van der Waals surface area (Å²) in [6.45, 7) is 6.09. The number of aromatic nitrogens is 2. The first-order valence-electron chi connectivity index (χ1n) is 7.68. The number of sulfonamides is 1. The van der Waals surface area contributed by atoms with Gasteiger partial charge in [-0.25, -0.2) is 18.1 Å². The van der Waals surface area contributed by atoms with Crippen LogP contribution in [0.3, 0.4) is 0 Å². The van der Waals surface area contributed by atoms with Gasteiger partial charge in [-0.1, -0.05) is 11.2 Å². The van der Waals surface area contributed by atoms with Gasteiger partial charge in [0.05, 0.1) is 13.2 Å². The van der Waals surface area contributed by atoms with E-state index in [4.69, 9.17) is 9.26 Å². The number of anilines is 1. The summed E-state index contributed by atoms with van der Waals surface area (Å²) in [6, 6.07) is 3.66. The molecule has 0 aliphatic carbocycles. The van der Waals surface area contributed by atoms with Crippen LogP contribution in [0.2, 0.25) is 0 Å². The van der Waals surface area contributed by atoms with Crippen molar-refractivity contribution in [3.05, 3.63) is 35.3 Å². The third-order valence-electron chi connectivity index (χ3n) is 3.87. The molecule has 9 heteroatoms. The molecule has 130 valence electrons. The standard InChI is InChI=1S/C15H20N4O4S/c1-11-14(12(2)23-18-11)24(20,21)17-10-13-4-3-5-16-15(13)19-6-8-22-9-7-19/h3-5,17H,6-10H2,1-2H3. The summed E-state index contributed by atoms with van der Waals surface area (Å²) in [5.41, 5.74) is 1.16. The highest BCUT2D eigenvalue weighted by molar-refractivity contribution is 7.89. The molecule has 0 unspecified atom stereocenters. The smallest absolute Gasteiger partial charge is 0.246 e. The second-order valence-corrected chi connectivity index (χ2v) is 7.27. The molecule has 0 atom stereocenters. The zero-order valence-electron chi connectivity index (χ0n) is 13.7. The molecular weight excluding hydrogens is 332 g/mol. The minimum Gasteiger partial charge on any atom is -0.378 e. The summed E-state index contributed by atoms with van der Waals surface area (Å²) < 4.78 is 38.0. The molecular formula is C15H20N4O4S. The van der Waals surface area contributed by atoms with Gasteiger partial charge in [-0.15, -0.1) is 0 Å². The summed E-state index contributed by atoms with van der Waals surface area (Å²) in [6.07, 6.45) is 1.71. The van der Waals surface area contributed by atoms with Crippen molar-refractivity contribution in [3.8, 4) is 0 Å². The van der Waals surface area contributed by atoms with Crippen LogP contribution in [0.15, 0.2) is 27.7 Å². The fraction of sp³-hybridized carbons (Fsp3) is 0.467. The summed E-state index contributed by atoms with van der Waals surface area (Å²) in [4.78, 5) is 6.60. The van der Waals surface area contributed by atoms with Gasteiger partial charge in [-0.05, 0) is 19.9 Å². The Morgan fingerprint density at radius 3 is 2.71 bits per heavy atom. The van der Waals surface area contributed by atoms with Gasteiger partial charge in [0.1, 0.15) is 16.4 Å². The topological polar surface area (TPSA) is 97.6 Å². The molecule has 1 saturated heterocycles. The van der Waals surface area contributed by atoms with E-state index in [0.29, 0.717) is 18.9 Å². The predicted molar refractivity (Wildman–Crippen MR) is 87.3 cm³/mol. The van der Waals surface area contributed by atoms with Gasteiger partial charge < -0.3 is 14.2 Å². The fourth-order valence-corrected chi connectivity index (χ4v) is 4.06. The quantitative estimate of drug-likeness (QED) is 0.857. The van der Waals surface area contributed by atoms with Crippen LogP contribution in [0, 0.1) is 13.8 Å². The minimum absolute atomic E-state index is 0.0966. The molecule has 0 radical (unpaired) electrons. The number of morpholine rings is 1. The average Bonchev–Trinajstić information content (AvgIpc) is 2.93. The van der Waals surface area contributed by atoms with Crippen molar-refractivity contribution in [2.75, 3.05) is 31.2 Å². The lowest BCUT2D eigenvalue weighted by Crippen LogP contribution is -2.37. The first kappa shape index (κ1) is 16.9. The molecule has 1 aliphatic heterocycles. The Labute approximate surface area is 140 Å². The molecule has 2 aromatic rings. The van der Waals surface area contributed by atoms with E-state index in [2.05, 4.69) is 19.8 Å². The van der Waals surface area contributed by atoms with Crippen LogP contribution in [-0.4, -0.2) is 44.9 Å². The van der Waals surface area contributed by atoms with E-state index in [1.165, 1.54) is 0 Å². The molecule has 3 rings (SSSR count). The maximum absolute atomic E-state index is 12.5. The van der Waals surface area contributed by atoms with Gasteiger partial charge in [0.15, 0.2) is 5.76 Å². The largest absolute Gasteiger partial charge is 0.378 e. The Balaban J connectivity index is 1.80. The summed E-state index contributed by atoms with van der Waals surface area (Å²) >= 11 is 0. The van der Waals surface area contributed by atoms with E-state index in [-0.39, 0.29) is 17.2 Å². The van der Waals surface area contributed by atoms with Gasteiger partial charge in [0.2, 0.25) is 10.0 Å². The molecule has 24 heavy (non-hydrogen) atoms. The lowest BCUT2D eigenvalue weighted by Gasteiger charge is -2.29. The van der Waals surface area contributed by atoms with Gasteiger partial charge in [0.25, 0.3) is 0 Å². The highest BCUT2D eigenvalue weighted by Crippen LogP contribution is 2.21. The zero-order chi connectivity index (χ0) is 17.2. The number of nitrogens with one attached hydrogen (secondary N) is 1. The van der Waals surface area contributed by atoms with Crippen molar-refractivity contribution in [2.45, 2.75) is 25.3 Å².